The van der Waals surface area contributed by atoms with Crippen molar-refractivity contribution in [3.63, 3.8) is 0 Å². The fourth-order valence-corrected chi connectivity index (χ4v) is 3.83. The molecule has 1 aliphatic heterocycles. The van der Waals surface area contributed by atoms with Gasteiger partial charge in [-0.3, -0.25) is 4.79 Å². The maximum Gasteiger partial charge on any atom is 0.223 e. The quantitative estimate of drug-likeness (QED) is 0.689. The Balaban J connectivity index is 1.94. The lowest BCUT2D eigenvalue weighted by molar-refractivity contribution is -0.127. The highest BCUT2D eigenvalue weighted by Crippen LogP contribution is 2.31. The lowest BCUT2D eigenvalue weighted by atomic mass is 9.79. The zero-order valence-electron chi connectivity index (χ0n) is 12.5. The molecule has 1 saturated carbocycles. The van der Waals surface area contributed by atoms with Gasteiger partial charge in [0.05, 0.1) is 0 Å². The molecular formula is C17H31NO. The Morgan fingerprint density at radius 1 is 0.684 bits per heavy atom. The molecule has 2 nitrogen and oxygen atoms in total. The monoisotopic (exact) mass is 265 g/mol. The van der Waals surface area contributed by atoms with Crippen molar-refractivity contribution < 1.29 is 4.79 Å². The summed E-state index contributed by atoms with van der Waals surface area (Å²) in [6.07, 6.45) is 17.1. The zero-order chi connectivity index (χ0) is 13.3. The first kappa shape index (κ1) is 14.9. The number of carbonyl (C=O) groups excluding carboxylic acids is 1. The van der Waals surface area contributed by atoms with Gasteiger partial charge < -0.3 is 5.32 Å². The lowest BCUT2D eigenvalue weighted by Gasteiger charge is -2.29. The highest BCUT2D eigenvalue weighted by atomic mass is 16.1. The molecule has 19 heavy (non-hydrogen) atoms. The number of hydrogen-bond acceptors (Lipinski definition) is 1. The molecule has 2 heteroatoms. The van der Waals surface area contributed by atoms with E-state index in [1.807, 2.05) is 0 Å². The third kappa shape index (κ3) is 5.16. The summed E-state index contributed by atoms with van der Waals surface area (Å²) in [5, 5.41) is 3.16. The van der Waals surface area contributed by atoms with Crippen LogP contribution in [-0.4, -0.2) is 12.5 Å². The summed E-state index contributed by atoms with van der Waals surface area (Å²) in [4.78, 5) is 12.3. The molecule has 1 saturated heterocycles. The van der Waals surface area contributed by atoms with Crippen molar-refractivity contribution in [2.24, 2.45) is 11.8 Å². The summed E-state index contributed by atoms with van der Waals surface area (Å²) in [5.74, 6) is 1.35. The molecule has 2 fully saturated rings. The number of nitrogens with one attached hydrogen (secondary N) is 1. The highest BCUT2D eigenvalue weighted by molar-refractivity contribution is 5.79. The summed E-state index contributed by atoms with van der Waals surface area (Å²) in [6.45, 7) is 0.905. The van der Waals surface area contributed by atoms with Crippen molar-refractivity contribution in [3.8, 4) is 0 Å². The number of carbonyl (C=O) groups is 1. The summed E-state index contributed by atoms with van der Waals surface area (Å²) >= 11 is 0. The van der Waals surface area contributed by atoms with Crippen LogP contribution in [0.2, 0.25) is 0 Å². The first-order valence-corrected chi connectivity index (χ1v) is 8.65. The molecule has 0 spiro atoms. The fourth-order valence-electron chi connectivity index (χ4n) is 3.83. The van der Waals surface area contributed by atoms with Crippen LogP contribution < -0.4 is 5.32 Å². The molecule has 0 aromatic carbocycles. The molecule has 110 valence electrons. The maximum atomic E-state index is 12.3. The molecule has 1 heterocycles. The van der Waals surface area contributed by atoms with Crippen LogP contribution in [0.3, 0.4) is 0 Å². The molecule has 2 aliphatic rings. The van der Waals surface area contributed by atoms with Gasteiger partial charge in [0.25, 0.3) is 0 Å². The Kier molecular flexibility index (Phi) is 6.73. The van der Waals surface area contributed by atoms with Gasteiger partial charge in [-0.1, -0.05) is 57.8 Å². The number of rotatable bonds is 0. The van der Waals surface area contributed by atoms with E-state index in [1.54, 1.807) is 0 Å². The van der Waals surface area contributed by atoms with E-state index in [2.05, 4.69) is 5.32 Å². The largest absolute Gasteiger partial charge is 0.356 e. The van der Waals surface area contributed by atoms with Crippen molar-refractivity contribution in [1.29, 1.82) is 0 Å². The van der Waals surface area contributed by atoms with Crippen LogP contribution in [0.1, 0.15) is 83.5 Å². The predicted molar refractivity (Wildman–Crippen MR) is 80.0 cm³/mol. The molecule has 0 aromatic rings. The Morgan fingerprint density at radius 2 is 1.21 bits per heavy atom. The molecule has 0 bridgehead atoms. The van der Waals surface area contributed by atoms with E-state index in [1.165, 1.54) is 77.0 Å². The van der Waals surface area contributed by atoms with E-state index in [9.17, 15) is 4.79 Å². The van der Waals surface area contributed by atoms with E-state index in [0.717, 1.165) is 13.0 Å². The van der Waals surface area contributed by atoms with Gasteiger partial charge in [-0.25, -0.2) is 0 Å². The summed E-state index contributed by atoms with van der Waals surface area (Å²) in [6, 6.07) is 0. The maximum absolute atomic E-state index is 12.3. The molecule has 0 radical (unpaired) electrons. The first-order valence-electron chi connectivity index (χ1n) is 8.65. The van der Waals surface area contributed by atoms with E-state index in [-0.39, 0.29) is 0 Å². The van der Waals surface area contributed by atoms with Gasteiger partial charge in [0.1, 0.15) is 0 Å². The van der Waals surface area contributed by atoms with Crippen molar-refractivity contribution in [2.45, 2.75) is 83.5 Å². The minimum Gasteiger partial charge on any atom is -0.356 e. The average Bonchev–Trinajstić information content (AvgIpc) is 2.38. The first-order chi connectivity index (χ1) is 9.38. The molecule has 2 rings (SSSR count). The van der Waals surface area contributed by atoms with E-state index < -0.39 is 0 Å². The third-order valence-corrected chi connectivity index (χ3v) is 5.05. The van der Waals surface area contributed by atoms with Gasteiger partial charge in [0.2, 0.25) is 5.91 Å². The van der Waals surface area contributed by atoms with E-state index in [4.69, 9.17) is 0 Å². The topological polar surface area (TPSA) is 29.1 Å². The van der Waals surface area contributed by atoms with Crippen LogP contribution in [0.5, 0.6) is 0 Å². The molecule has 2 atom stereocenters. The summed E-state index contributed by atoms with van der Waals surface area (Å²) in [7, 11) is 0. The Bertz CT molecular complexity index is 264. The Labute approximate surface area is 118 Å². The molecule has 1 N–H and O–H groups in total. The third-order valence-electron chi connectivity index (χ3n) is 5.05. The van der Waals surface area contributed by atoms with Gasteiger partial charge in [0.15, 0.2) is 0 Å². The van der Waals surface area contributed by atoms with E-state index in [0.29, 0.717) is 17.7 Å². The standard InChI is InChI=1S/C17H31NO/c19-17-16-13-8-6-4-2-1-3-5-7-11-15(16)12-9-10-14-18-17/h15-16H,1-14H2,(H,18,19). The van der Waals surface area contributed by atoms with Crippen LogP contribution in [-0.2, 0) is 4.79 Å². The molecule has 1 amide bonds. The number of hydrogen-bond donors (Lipinski definition) is 1. The van der Waals surface area contributed by atoms with Gasteiger partial charge in [0, 0.05) is 12.5 Å². The molecule has 1 aliphatic carbocycles. The Morgan fingerprint density at radius 3 is 1.89 bits per heavy atom. The smallest absolute Gasteiger partial charge is 0.223 e. The summed E-state index contributed by atoms with van der Waals surface area (Å²) in [5.41, 5.74) is 0. The second kappa shape index (κ2) is 8.60. The SMILES string of the molecule is O=C1NCCCCC2CCCCCCCCCCC12. The highest BCUT2D eigenvalue weighted by Gasteiger charge is 2.28. The zero-order valence-corrected chi connectivity index (χ0v) is 12.5. The summed E-state index contributed by atoms with van der Waals surface area (Å²) < 4.78 is 0. The van der Waals surface area contributed by atoms with Crippen molar-refractivity contribution in [3.05, 3.63) is 0 Å². The minimum atomic E-state index is 0.319. The van der Waals surface area contributed by atoms with Crippen molar-refractivity contribution in [1.82, 2.24) is 5.32 Å². The minimum absolute atomic E-state index is 0.319. The van der Waals surface area contributed by atoms with Crippen LogP contribution >= 0.6 is 0 Å². The van der Waals surface area contributed by atoms with Crippen LogP contribution in [0.4, 0.5) is 0 Å². The Hall–Kier alpha value is -0.530. The van der Waals surface area contributed by atoms with Gasteiger partial charge in [-0.05, 0) is 31.6 Å². The second-order valence-electron chi connectivity index (χ2n) is 6.56. The van der Waals surface area contributed by atoms with Crippen LogP contribution in [0, 0.1) is 11.8 Å². The predicted octanol–water partition coefficient (Wildman–Crippen LogP) is 4.43. The molecular weight excluding hydrogens is 234 g/mol. The van der Waals surface area contributed by atoms with Crippen molar-refractivity contribution in [2.75, 3.05) is 6.54 Å². The fraction of sp³-hybridized carbons (Fsp3) is 0.941. The van der Waals surface area contributed by atoms with Crippen molar-refractivity contribution >= 4 is 5.91 Å². The van der Waals surface area contributed by atoms with Crippen LogP contribution in [0.15, 0.2) is 0 Å². The normalized spacial score (nSPS) is 31.9. The molecule has 2 unspecified atom stereocenters. The van der Waals surface area contributed by atoms with Gasteiger partial charge in [-0.15, -0.1) is 0 Å². The number of amides is 1. The molecule has 0 aromatic heterocycles. The second-order valence-corrected chi connectivity index (χ2v) is 6.56. The lowest BCUT2D eigenvalue weighted by Crippen LogP contribution is -2.37. The van der Waals surface area contributed by atoms with E-state index >= 15 is 0 Å². The van der Waals surface area contributed by atoms with Gasteiger partial charge in [-0.2, -0.15) is 0 Å². The van der Waals surface area contributed by atoms with Crippen LogP contribution in [0.25, 0.3) is 0 Å². The number of fused-ring (bicyclic) bond motifs is 1. The van der Waals surface area contributed by atoms with Gasteiger partial charge >= 0.3 is 0 Å². The average molecular weight is 265 g/mol.